The van der Waals surface area contributed by atoms with Crippen molar-refractivity contribution in [2.24, 2.45) is 11.8 Å². The minimum absolute atomic E-state index is 0.138. The smallest absolute Gasteiger partial charge is 0.410 e. The molecule has 0 aliphatic carbocycles. The highest BCUT2D eigenvalue weighted by atomic mass is 16.7. The molecule has 1 amide bonds. The molecule has 5 nitrogen and oxygen atoms in total. The summed E-state index contributed by atoms with van der Waals surface area (Å²) in [6, 6.07) is 0. The van der Waals surface area contributed by atoms with Gasteiger partial charge in [0.15, 0.2) is 6.29 Å². The van der Waals surface area contributed by atoms with Crippen LogP contribution in [0.15, 0.2) is 0 Å². The fourth-order valence-corrected chi connectivity index (χ4v) is 2.74. The van der Waals surface area contributed by atoms with Gasteiger partial charge in [0.2, 0.25) is 0 Å². The molecule has 0 saturated carbocycles. The van der Waals surface area contributed by atoms with E-state index in [0.717, 1.165) is 25.9 Å². The Bertz CT molecular complexity index is 298. The Hall–Kier alpha value is -0.810. The van der Waals surface area contributed by atoms with Crippen molar-refractivity contribution in [3.8, 4) is 0 Å². The molecule has 2 heterocycles. The number of nitrogens with zero attached hydrogens (tertiary/aromatic N) is 1. The summed E-state index contributed by atoms with van der Waals surface area (Å²) in [6.45, 7) is 10.3. The van der Waals surface area contributed by atoms with E-state index < -0.39 is 0 Å². The quantitative estimate of drug-likeness (QED) is 0.801. The van der Waals surface area contributed by atoms with Gasteiger partial charge in [-0.05, 0) is 18.8 Å². The molecule has 2 aliphatic heterocycles. The van der Waals surface area contributed by atoms with Crippen molar-refractivity contribution in [3.05, 3.63) is 0 Å². The van der Waals surface area contributed by atoms with Gasteiger partial charge in [-0.15, -0.1) is 0 Å². The van der Waals surface area contributed by atoms with Crippen LogP contribution in [-0.4, -0.2) is 50.2 Å². The molecule has 118 valence electrons. The van der Waals surface area contributed by atoms with Gasteiger partial charge in [0, 0.05) is 26.1 Å². The molecular weight excluding hydrogens is 258 g/mol. The first-order valence-electron chi connectivity index (χ1n) is 7.75. The van der Waals surface area contributed by atoms with Crippen molar-refractivity contribution >= 4 is 6.09 Å². The van der Waals surface area contributed by atoms with Crippen molar-refractivity contribution in [1.29, 1.82) is 0 Å². The number of likely N-dealkylation sites (tertiary alicyclic amines) is 1. The van der Waals surface area contributed by atoms with E-state index >= 15 is 0 Å². The Labute approximate surface area is 122 Å². The van der Waals surface area contributed by atoms with Gasteiger partial charge in [-0.25, -0.2) is 4.79 Å². The van der Waals surface area contributed by atoms with Crippen molar-refractivity contribution in [2.75, 3.05) is 26.8 Å². The van der Waals surface area contributed by atoms with Crippen LogP contribution in [0, 0.1) is 11.8 Å². The number of ether oxygens (including phenoxy) is 3. The Kier molecular flexibility index (Phi) is 7.30. The highest BCUT2D eigenvalue weighted by molar-refractivity contribution is 5.68. The summed E-state index contributed by atoms with van der Waals surface area (Å²) in [5.74, 6) is 0.713. The van der Waals surface area contributed by atoms with Crippen LogP contribution in [0.2, 0.25) is 0 Å². The molecular formula is C15H29NO4. The van der Waals surface area contributed by atoms with E-state index in [1.807, 2.05) is 13.8 Å². The fourth-order valence-electron chi connectivity index (χ4n) is 2.74. The molecule has 2 rings (SSSR count). The highest BCUT2D eigenvalue weighted by Crippen LogP contribution is 2.28. The number of hydrogen-bond donors (Lipinski definition) is 0. The summed E-state index contributed by atoms with van der Waals surface area (Å²) in [5, 5.41) is 0. The van der Waals surface area contributed by atoms with Crippen molar-refractivity contribution in [2.45, 2.75) is 52.9 Å². The highest BCUT2D eigenvalue weighted by Gasteiger charge is 2.39. The first-order valence-corrected chi connectivity index (χ1v) is 7.75. The molecule has 0 bridgehead atoms. The molecule has 0 spiro atoms. The lowest BCUT2D eigenvalue weighted by Crippen LogP contribution is -2.36. The van der Waals surface area contributed by atoms with Crippen LogP contribution in [0.5, 0.6) is 0 Å². The molecule has 5 heteroatoms. The van der Waals surface area contributed by atoms with Gasteiger partial charge in [-0.2, -0.15) is 0 Å². The number of carbonyl (C=O) groups is 1. The molecule has 2 saturated heterocycles. The Morgan fingerprint density at radius 3 is 2.60 bits per heavy atom. The second-order valence-corrected chi connectivity index (χ2v) is 5.27. The SMILES string of the molecule is CC.CCC1C(OC(=O)N2CCC(C)C2)COC1OC. The molecule has 2 fully saturated rings. The van der Waals surface area contributed by atoms with Gasteiger partial charge in [0.25, 0.3) is 0 Å². The molecule has 4 atom stereocenters. The first-order chi connectivity index (χ1) is 9.65. The van der Waals surface area contributed by atoms with Gasteiger partial charge < -0.3 is 19.1 Å². The summed E-state index contributed by atoms with van der Waals surface area (Å²) < 4.78 is 16.3. The summed E-state index contributed by atoms with van der Waals surface area (Å²) >= 11 is 0. The number of rotatable bonds is 3. The lowest BCUT2D eigenvalue weighted by molar-refractivity contribution is -0.111. The van der Waals surface area contributed by atoms with Gasteiger partial charge in [0.05, 0.1) is 6.61 Å². The van der Waals surface area contributed by atoms with Crippen LogP contribution in [0.3, 0.4) is 0 Å². The second-order valence-electron chi connectivity index (χ2n) is 5.27. The zero-order chi connectivity index (χ0) is 15.1. The second kappa shape index (κ2) is 8.47. The third-order valence-corrected chi connectivity index (χ3v) is 3.89. The molecule has 0 N–H and O–H groups in total. The normalized spacial score (nSPS) is 32.8. The van der Waals surface area contributed by atoms with Gasteiger partial charge >= 0.3 is 6.09 Å². The standard InChI is InChI=1S/C13H23NO4.C2H6/c1-4-10-11(8-17-12(10)16-3)18-13(15)14-6-5-9(2)7-14;1-2/h9-12H,4-8H2,1-3H3;1-2H3. The van der Waals surface area contributed by atoms with Crippen LogP contribution in [0.4, 0.5) is 4.79 Å². The average molecular weight is 287 g/mol. The Morgan fingerprint density at radius 1 is 1.40 bits per heavy atom. The summed E-state index contributed by atoms with van der Waals surface area (Å²) in [7, 11) is 1.62. The van der Waals surface area contributed by atoms with E-state index in [-0.39, 0.29) is 24.4 Å². The molecule has 0 aromatic rings. The van der Waals surface area contributed by atoms with E-state index in [1.165, 1.54) is 0 Å². The maximum absolute atomic E-state index is 12.0. The third kappa shape index (κ3) is 4.09. The van der Waals surface area contributed by atoms with Crippen molar-refractivity contribution in [1.82, 2.24) is 4.90 Å². The zero-order valence-electron chi connectivity index (χ0n) is 13.4. The predicted molar refractivity (Wildman–Crippen MR) is 77.5 cm³/mol. The van der Waals surface area contributed by atoms with Crippen LogP contribution >= 0.6 is 0 Å². The average Bonchev–Trinajstić information content (AvgIpc) is 3.06. The monoisotopic (exact) mass is 287 g/mol. The van der Waals surface area contributed by atoms with Gasteiger partial charge in [-0.3, -0.25) is 0 Å². The third-order valence-electron chi connectivity index (χ3n) is 3.89. The molecule has 20 heavy (non-hydrogen) atoms. The lowest BCUT2D eigenvalue weighted by atomic mass is 10.0. The maximum atomic E-state index is 12.0. The first kappa shape index (κ1) is 17.2. The number of hydrogen-bond acceptors (Lipinski definition) is 4. The van der Waals surface area contributed by atoms with Crippen LogP contribution in [-0.2, 0) is 14.2 Å². The Balaban J connectivity index is 0.000000956. The van der Waals surface area contributed by atoms with E-state index in [2.05, 4.69) is 13.8 Å². The van der Waals surface area contributed by atoms with E-state index in [4.69, 9.17) is 14.2 Å². The Morgan fingerprint density at radius 2 is 2.10 bits per heavy atom. The number of amides is 1. The topological polar surface area (TPSA) is 48.0 Å². The lowest BCUT2D eigenvalue weighted by Gasteiger charge is -2.23. The van der Waals surface area contributed by atoms with E-state index in [1.54, 1.807) is 12.0 Å². The fraction of sp³-hybridized carbons (Fsp3) is 0.933. The molecule has 2 aliphatic rings. The number of carbonyl (C=O) groups excluding carboxylic acids is 1. The minimum atomic E-state index is -0.245. The van der Waals surface area contributed by atoms with Crippen molar-refractivity contribution in [3.63, 3.8) is 0 Å². The van der Waals surface area contributed by atoms with E-state index in [9.17, 15) is 4.79 Å². The summed E-state index contributed by atoms with van der Waals surface area (Å²) in [6.07, 6.45) is 1.32. The molecule has 0 aromatic heterocycles. The maximum Gasteiger partial charge on any atom is 0.410 e. The van der Waals surface area contributed by atoms with Crippen molar-refractivity contribution < 1.29 is 19.0 Å². The minimum Gasteiger partial charge on any atom is -0.443 e. The summed E-state index contributed by atoms with van der Waals surface area (Å²) in [4.78, 5) is 13.8. The molecule has 0 radical (unpaired) electrons. The van der Waals surface area contributed by atoms with Gasteiger partial charge in [-0.1, -0.05) is 27.7 Å². The molecule has 0 aromatic carbocycles. The van der Waals surface area contributed by atoms with Crippen LogP contribution < -0.4 is 0 Å². The van der Waals surface area contributed by atoms with E-state index in [0.29, 0.717) is 12.5 Å². The van der Waals surface area contributed by atoms with Crippen LogP contribution in [0.25, 0.3) is 0 Å². The number of methoxy groups -OCH3 is 1. The molecule has 4 unspecified atom stereocenters. The van der Waals surface area contributed by atoms with Gasteiger partial charge in [0.1, 0.15) is 6.10 Å². The predicted octanol–water partition coefficient (Wildman–Crippen LogP) is 2.89. The largest absolute Gasteiger partial charge is 0.443 e. The van der Waals surface area contributed by atoms with Crippen LogP contribution in [0.1, 0.15) is 40.5 Å². The summed E-state index contributed by atoms with van der Waals surface area (Å²) in [5.41, 5.74) is 0. The zero-order valence-corrected chi connectivity index (χ0v) is 13.4.